The Hall–Kier alpha value is -2.15. The first-order valence-corrected chi connectivity index (χ1v) is 5.01. The number of aromatic nitrogens is 3. The van der Waals surface area contributed by atoms with Gasteiger partial charge < -0.3 is 0 Å². The van der Waals surface area contributed by atoms with Gasteiger partial charge in [-0.3, -0.25) is 14.3 Å². The van der Waals surface area contributed by atoms with E-state index in [0.717, 1.165) is 0 Å². The molecule has 0 amide bonds. The Labute approximate surface area is 93.0 Å². The molecule has 2 heterocycles. The molecule has 0 unspecified atom stereocenters. The van der Waals surface area contributed by atoms with Crippen LogP contribution in [0.25, 0.3) is 10.9 Å². The Morgan fingerprint density at radius 3 is 3.19 bits per heavy atom. The van der Waals surface area contributed by atoms with E-state index in [-0.39, 0.29) is 5.56 Å². The first kappa shape index (κ1) is 10.4. The number of hydrogen-bond acceptors (Lipinski definition) is 3. The topological polar surface area (TPSA) is 47.8 Å². The van der Waals surface area contributed by atoms with Crippen molar-refractivity contribution in [3.63, 3.8) is 0 Å². The lowest BCUT2D eigenvalue weighted by atomic mass is 10.3. The molecule has 2 aromatic rings. The average molecular weight is 213 g/mol. The van der Waals surface area contributed by atoms with E-state index in [1.807, 2.05) is 0 Å². The Kier molecular flexibility index (Phi) is 2.97. The van der Waals surface area contributed by atoms with Crippen LogP contribution in [0.15, 0.2) is 29.6 Å². The molecule has 0 saturated heterocycles. The first-order valence-electron chi connectivity index (χ1n) is 5.01. The summed E-state index contributed by atoms with van der Waals surface area (Å²) in [5.74, 6) is 5.72. The molecule has 0 aromatic carbocycles. The van der Waals surface area contributed by atoms with E-state index in [4.69, 9.17) is 0 Å². The SMILES string of the molecule is CC#CCCn1cnc2cnccc2c1=O. The van der Waals surface area contributed by atoms with Crippen LogP contribution in [0.3, 0.4) is 0 Å². The third-order valence-corrected chi connectivity index (χ3v) is 2.28. The number of pyridine rings is 1. The number of nitrogens with zero attached hydrogens (tertiary/aromatic N) is 3. The van der Waals surface area contributed by atoms with Crippen LogP contribution in [0.4, 0.5) is 0 Å². The highest BCUT2D eigenvalue weighted by molar-refractivity contribution is 5.75. The Morgan fingerprint density at radius 1 is 1.50 bits per heavy atom. The van der Waals surface area contributed by atoms with E-state index in [1.165, 1.54) is 0 Å². The molecule has 2 aromatic heterocycles. The summed E-state index contributed by atoms with van der Waals surface area (Å²) < 4.78 is 1.58. The second kappa shape index (κ2) is 4.58. The molecular formula is C12H11N3O. The van der Waals surface area contributed by atoms with Crippen molar-refractivity contribution in [3.8, 4) is 11.8 Å². The molecule has 0 atom stereocenters. The van der Waals surface area contributed by atoms with Gasteiger partial charge in [-0.1, -0.05) is 0 Å². The van der Waals surface area contributed by atoms with Gasteiger partial charge in [0.15, 0.2) is 0 Å². The predicted molar refractivity (Wildman–Crippen MR) is 61.9 cm³/mol. The van der Waals surface area contributed by atoms with Gasteiger partial charge in [0.1, 0.15) is 0 Å². The normalized spacial score (nSPS) is 9.81. The van der Waals surface area contributed by atoms with E-state index in [2.05, 4.69) is 21.8 Å². The van der Waals surface area contributed by atoms with Gasteiger partial charge in [0, 0.05) is 19.2 Å². The summed E-state index contributed by atoms with van der Waals surface area (Å²) in [7, 11) is 0. The summed E-state index contributed by atoms with van der Waals surface area (Å²) in [4.78, 5) is 20.1. The molecule has 0 aliphatic rings. The molecule has 0 N–H and O–H groups in total. The van der Waals surface area contributed by atoms with Crippen molar-refractivity contribution in [2.45, 2.75) is 19.9 Å². The zero-order valence-electron chi connectivity index (χ0n) is 8.97. The fourth-order valence-corrected chi connectivity index (χ4v) is 1.47. The van der Waals surface area contributed by atoms with Crippen LogP contribution < -0.4 is 5.56 Å². The van der Waals surface area contributed by atoms with E-state index < -0.39 is 0 Å². The maximum absolute atomic E-state index is 12.0. The monoisotopic (exact) mass is 213 g/mol. The summed E-state index contributed by atoms with van der Waals surface area (Å²) >= 11 is 0. The van der Waals surface area contributed by atoms with Gasteiger partial charge in [0.05, 0.1) is 23.4 Å². The second-order valence-electron chi connectivity index (χ2n) is 3.31. The highest BCUT2D eigenvalue weighted by Crippen LogP contribution is 2.02. The number of fused-ring (bicyclic) bond motifs is 1. The smallest absolute Gasteiger partial charge is 0.261 e. The number of aryl methyl sites for hydroxylation is 1. The van der Waals surface area contributed by atoms with Crippen molar-refractivity contribution in [3.05, 3.63) is 35.1 Å². The summed E-state index contributed by atoms with van der Waals surface area (Å²) in [6.07, 6.45) is 5.40. The zero-order valence-corrected chi connectivity index (χ0v) is 8.97. The third-order valence-electron chi connectivity index (χ3n) is 2.28. The van der Waals surface area contributed by atoms with Crippen LogP contribution in [-0.4, -0.2) is 14.5 Å². The number of rotatable bonds is 2. The fraction of sp³-hybridized carbons (Fsp3) is 0.250. The Bertz CT molecular complexity index is 619. The van der Waals surface area contributed by atoms with E-state index in [0.29, 0.717) is 23.9 Å². The largest absolute Gasteiger partial charge is 0.298 e. The van der Waals surface area contributed by atoms with E-state index >= 15 is 0 Å². The van der Waals surface area contributed by atoms with Crippen molar-refractivity contribution < 1.29 is 0 Å². The summed E-state index contributed by atoms with van der Waals surface area (Å²) in [6, 6.07) is 1.69. The summed E-state index contributed by atoms with van der Waals surface area (Å²) in [6.45, 7) is 2.36. The van der Waals surface area contributed by atoms with E-state index in [9.17, 15) is 4.79 Å². The summed E-state index contributed by atoms with van der Waals surface area (Å²) in [5, 5.41) is 0.599. The van der Waals surface area contributed by atoms with Crippen molar-refractivity contribution in [2.75, 3.05) is 0 Å². The Morgan fingerprint density at radius 2 is 2.38 bits per heavy atom. The van der Waals surface area contributed by atoms with Crippen LogP contribution in [0, 0.1) is 11.8 Å². The molecule has 0 bridgehead atoms. The van der Waals surface area contributed by atoms with E-state index in [1.54, 1.807) is 36.3 Å². The standard InChI is InChI=1S/C12H11N3O/c1-2-3-4-7-15-9-14-11-8-13-6-5-10(11)12(15)16/h5-6,8-9H,4,7H2,1H3. The van der Waals surface area contributed by atoms with Crippen molar-refractivity contribution in [2.24, 2.45) is 0 Å². The first-order chi connectivity index (χ1) is 7.83. The second-order valence-corrected chi connectivity index (χ2v) is 3.31. The molecule has 0 radical (unpaired) electrons. The van der Waals surface area contributed by atoms with Gasteiger partial charge >= 0.3 is 0 Å². The minimum Gasteiger partial charge on any atom is -0.298 e. The minimum absolute atomic E-state index is 0.0368. The van der Waals surface area contributed by atoms with Crippen molar-refractivity contribution in [1.29, 1.82) is 0 Å². The van der Waals surface area contributed by atoms with Crippen LogP contribution in [0.1, 0.15) is 13.3 Å². The third kappa shape index (κ3) is 1.94. The maximum atomic E-state index is 12.0. The highest BCUT2D eigenvalue weighted by atomic mass is 16.1. The van der Waals surface area contributed by atoms with Crippen LogP contribution >= 0.6 is 0 Å². The molecule has 4 heteroatoms. The molecule has 2 rings (SSSR count). The highest BCUT2D eigenvalue weighted by Gasteiger charge is 2.02. The van der Waals surface area contributed by atoms with Gasteiger partial charge in [-0.15, -0.1) is 11.8 Å². The molecule has 0 fully saturated rings. The van der Waals surface area contributed by atoms with Gasteiger partial charge in [0.25, 0.3) is 5.56 Å². The number of hydrogen-bond donors (Lipinski definition) is 0. The van der Waals surface area contributed by atoms with Crippen LogP contribution in [0.2, 0.25) is 0 Å². The van der Waals surface area contributed by atoms with Gasteiger partial charge in [-0.25, -0.2) is 4.98 Å². The summed E-state index contributed by atoms with van der Waals surface area (Å²) in [5.41, 5.74) is 0.593. The lowest BCUT2D eigenvalue weighted by molar-refractivity contribution is 0.681. The van der Waals surface area contributed by atoms with Gasteiger partial charge in [-0.05, 0) is 13.0 Å². The molecule has 0 aliphatic heterocycles. The van der Waals surface area contributed by atoms with Crippen molar-refractivity contribution >= 4 is 10.9 Å². The predicted octanol–water partition coefficient (Wildman–Crippen LogP) is 1.20. The van der Waals surface area contributed by atoms with Gasteiger partial charge in [-0.2, -0.15) is 0 Å². The molecule has 0 saturated carbocycles. The zero-order chi connectivity index (χ0) is 11.4. The molecule has 0 aliphatic carbocycles. The van der Waals surface area contributed by atoms with Gasteiger partial charge in [0.2, 0.25) is 0 Å². The molecule has 80 valence electrons. The lowest BCUT2D eigenvalue weighted by Gasteiger charge is -2.03. The quantitative estimate of drug-likeness (QED) is 0.704. The maximum Gasteiger partial charge on any atom is 0.261 e. The van der Waals surface area contributed by atoms with Crippen LogP contribution in [0.5, 0.6) is 0 Å². The fourth-order valence-electron chi connectivity index (χ4n) is 1.47. The molecular weight excluding hydrogens is 202 g/mol. The molecule has 0 spiro atoms. The molecule has 4 nitrogen and oxygen atoms in total. The lowest BCUT2D eigenvalue weighted by Crippen LogP contribution is -2.20. The van der Waals surface area contributed by atoms with Crippen molar-refractivity contribution in [1.82, 2.24) is 14.5 Å². The minimum atomic E-state index is -0.0368. The van der Waals surface area contributed by atoms with Crippen LogP contribution in [-0.2, 0) is 6.54 Å². The average Bonchev–Trinajstić information content (AvgIpc) is 2.33. The Balaban J connectivity index is 2.43. The molecule has 16 heavy (non-hydrogen) atoms.